The van der Waals surface area contributed by atoms with E-state index in [1.54, 1.807) is 27.0 Å². The van der Waals surface area contributed by atoms with Gasteiger partial charge in [-0.3, -0.25) is 4.98 Å². The number of nitrogens with zero attached hydrogens (tertiary/aromatic N) is 1. The normalized spacial score (nSPS) is 15.2. The van der Waals surface area contributed by atoms with Crippen LogP contribution in [0.4, 0.5) is 0 Å². The Hall–Kier alpha value is -1.28. The molecule has 1 aromatic heterocycles. The summed E-state index contributed by atoms with van der Waals surface area (Å²) >= 11 is 25.3. The van der Waals surface area contributed by atoms with E-state index in [0.29, 0.717) is 10.8 Å². The van der Waals surface area contributed by atoms with Crippen molar-refractivity contribution in [3.63, 3.8) is 0 Å². The molecular formula is C23H24Cl4N2O3S. The molecule has 10 heteroatoms. The van der Waals surface area contributed by atoms with Gasteiger partial charge >= 0.3 is 0 Å². The van der Waals surface area contributed by atoms with E-state index >= 15 is 0 Å². The summed E-state index contributed by atoms with van der Waals surface area (Å²) in [7, 11) is -3.88. The SMILES string of the molecule is CC(CC(Cl)C(Oc1cnc2ccccc2c1)C(C)(C)Cl)NS(=O)(=O)c1ccc(Cl)cc1Cl. The molecule has 5 nitrogen and oxygen atoms in total. The number of hydrogen-bond acceptors (Lipinski definition) is 4. The zero-order valence-electron chi connectivity index (χ0n) is 18.2. The molecule has 0 fully saturated rings. The van der Waals surface area contributed by atoms with Gasteiger partial charge in [-0.1, -0.05) is 41.4 Å². The first-order valence-electron chi connectivity index (χ1n) is 10.2. The zero-order chi connectivity index (χ0) is 24.4. The molecule has 0 aliphatic rings. The highest BCUT2D eigenvalue weighted by Gasteiger charge is 2.37. The van der Waals surface area contributed by atoms with Gasteiger partial charge in [0.1, 0.15) is 16.7 Å². The predicted molar refractivity (Wildman–Crippen MR) is 137 cm³/mol. The first kappa shape index (κ1) is 26.3. The third kappa shape index (κ3) is 6.87. The van der Waals surface area contributed by atoms with Crippen LogP contribution in [0.5, 0.6) is 5.75 Å². The number of rotatable bonds is 9. The highest BCUT2D eigenvalue weighted by Crippen LogP contribution is 2.32. The van der Waals surface area contributed by atoms with E-state index in [-0.39, 0.29) is 16.3 Å². The smallest absolute Gasteiger partial charge is 0.242 e. The molecule has 3 aromatic rings. The Morgan fingerprint density at radius 3 is 2.48 bits per heavy atom. The fourth-order valence-electron chi connectivity index (χ4n) is 3.44. The number of aromatic nitrogens is 1. The summed E-state index contributed by atoms with van der Waals surface area (Å²) in [6.07, 6.45) is 1.25. The number of benzene rings is 2. The van der Waals surface area contributed by atoms with Gasteiger partial charge in [0.15, 0.2) is 0 Å². The summed E-state index contributed by atoms with van der Waals surface area (Å²) < 4.78 is 34.3. The van der Waals surface area contributed by atoms with Crippen molar-refractivity contribution in [2.24, 2.45) is 0 Å². The van der Waals surface area contributed by atoms with Gasteiger partial charge in [0.2, 0.25) is 10.0 Å². The van der Waals surface area contributed by atoms with Crippen LogP contribution in [-0.2, 0) is 10.0 Å². The highest BCUT2D eigenvalue weighted by molar-refractivity contribution is 7.89. The summed E-state index contributed by atoms with van der Waals surface area (Å²) in [5, 5.41) is 0.701. The number of pyridine rings is 1. The number of alkyl halides is 2. The highest BCUT2D eigenvalue weighted by atomic mass is 35.5. The predicted octanol–water partition coefficient (Wildman–Crippen LogP) is 6.67. The lowest BCUT2D eigenvalue weighted by molar-refractivity contribution is 0.153. The quantitative estimate of drug-likeness (QED) is 0.302. The van der Waals surface area contributed by atoms with Gasteiger partial charge in [0.05, 0.1) is 27.0 Å². The standard InChI is InChI=1S/C23H24Cl4N2O3S/c1-14(29-33(30,31)21-9-8-16(24)12-18(21)25)10-19(26)22(23(2,3)27)32-17-11-15-6-4-5-7-20(15)28-13-17/h4-9,11-14,19,22,29H,10H2,1-3H3. The number of sulfonamides is 1. The van der Waals surface area contributed by atoms with Crippen LogP contribution in [-0.4, -0.2) is 35.8 Å². The number of para-hydroxylation sites is 1. The van der Waals surface area contributed by atoms with Crippen LogP contribution in [0, 0.1) is 0 Å². The minimum absolute atomic E-state index is 0.0385. The second-order valence-corrected chi connectivity index (χ2v) is 12.4. The molecule has 0 aliphatic carbocycles. The van der Waals surface area contributed by atoms with Crippen molar-refractivity contribution in [2.75, 3.05) is 0 Å². The number of hydrogen-bond donors (Lipinski definition) is 1. The summed E-state index contributed by atoms with van der Waals surface area (Å²) in [4.78, 5) is 3.51. The summed E-state index contributed by atoms with van der Waals surface area (Å²) in [5.74, 6) is 0.527. The van der Waals surface area contributed by atoms with E-state index in [2.05, 4.69) is 9.71 Å². The van der Waals surface area contributed by atoms with E-state index in [1.807, 2.05) is 30.3 Å². The van der Waals surface area contributed by atoms with E-state index in [4.69, 9.17) is 51.1 Å². The lowest BCUT2D eigenvalue weighted by Gasteiger charge is -2.33. The van der Waals surface area contributed by atoms with Gasteiger partial charge in [0, 0.05) is 16.5 Å². The number of halogens is 4. The van der Waals surface area contributed by atoms with Gasteiger partial charge in [-0.25, -0.2) is 13.1 Å². The maximum atomic E-state index is 12.8. The van der Waals surface area contributed by atoms with Crippen LogP contribution in [0.3, 0.4) is 0 Å². The van der Waals surface area contributed by atoms with E-state index in [9.17, 15) is 8.42 Å². The minimum Gasteiger partial charge on any atom is -0.485 e. The zero-order valence-corrected chi connectivity index (χ0v) is 22.1. The molecule has 0 amide bonds. The molecule has 0 saturated carbocycles. The maximum Gasteiger partial charge on any atom is 0.242 e. The summed E-state index contributed by atoms with van der Waals surface area (Å²) in [6.45, 7) is 5.31. The number of fused-ring (bicyclic) bond motifs is 1. The van der Waals surface area contributed by atoms with E-state index in [1.165, 1.54) is 18.2 Å². The Balaban J connectivity index is 1.74. The third-order valence-electron chi connectivity index (χ3n) is 4.95. The maximum absolute atomic E-state index is 12.8. The fraction of sp³-hybridized carbons (Fsp3) is 0.348. The van der Waals surface area contributed by atoms with Crippen molar-refractivity contribution in [3.05, 3.63) is 64.8 Å². The molecule has 0 aliphatic heterocycles. The lowest BCUT2D eigenvalue weighted by atomic mass is 9.98. The van der Waals surface area contributed by atoms with Gasteiger partial charge in [-0.2, -0.15) is 0 Å². The minimum atomic E-state index is -3.88. The molecule has 0 spiro atoms. The Morgan fingerprint density at radius 2 is 1.82 bits per heavy atom. The molecule has 3 unspecified atom stereocenters. The number of nitrogens with one attached hydrogen (secondary N) is 1. The molecule has 0 radical (unpaired) electrons. The summed E-state index contributed by atoms with van der Waals surface area (Å²) in [5.41, 5.74) is 0.845. The first-order valence-corrected chi connectivity index (χ1v) is 13.2. The molecule has 3 atom stereocenters. The van der Waals surface area contributed by atoms with Crippen molar-refractivity contribution in [3.8, 4) is 5.75 Å². The molecule has 178 valence electrons. The molecule has 0 bridgehead atoms. The molecule has 33 heavy (non-hydrogen) atoms. The second kappa shape index (κ2) is 10.5. The van der Waals surface area contributed by atoms with Crippen molar-refractivity contribution in [1.29, 1.82) is 0 Å². The monoisotopic (exact) mass is 548 g/mol. The molecule has 0 saturated heterocycles. The largest absolute Gasteiger partial charge is 0.485 e. The van der Waals surface area contributed by atoms with Gasteiger partial charge < -0.3 is 4.74 Å². The van der Waals surface area contributed by atoms with E-state index in [0.717, 1.165) is 10.9 Å². The van der Waals surface area contributed by atoms with Gasteiger partial charge in [-0.15, -0.1) is 23.2 Å². The van der Waals surface area contributed by atoms with Crippen molar-refractivity contribution >= 4 is 67.3 Å². The third-order valence-corrected chi connectivity index (χ3v) is 7.88. The lowest BCUT2D eigenvalue weighted by Crippen LogP contribution is -2.46. The molecule has 1 heterocycles. The van der Waals surface area contributed by atoms with Crippen LogP contribution < -0.4 is 9.46 Å². The molecule has 3 rings (SSSR count). The molecule has 1 N–H and O–H groups in total. The second-order valence-electron chi connectivity index (χ2n) is 8.32. The van der Waals surface area contributed by atoms with Crippen molar-refractivity contribution in [1.82, 2.24) is 9.71 Å². The van der Waals surface area contributed by atoms with Crippen molar-refractivity contribution in [2.45, 2.75) is 54.5 Å². The van der Waals surface area contributed by atoms with Gasteiger partial charge in [0.25, 0.3) is 0 Å². The average molecular weight is 550 g/mol. The van der Waals surface area contributed by atoms with Crippen molar-refractivity contribution < 1.29 is 13.2 Å². The molecular weight excluding hydrogens is 526 g/mol. The topological polar surface area (TPSA) is 68.3 Å². The summed E-state index contributed by atoms with van der Waals surface area (Å²) in [6, 6.07) is 13.2. The Kier molecular flexibility index (Phi) is 8.41. The Bertz CT molecular complexity index is 1230. The van der Waals surface area contributed by atoms with Crippen LogP contribution >= 0.6 is 46.4 Å². The van der Waals surface area contributed by atoms with Crippen LogP contribution in [0.2, 0.25) is 10.0 Å². The van der Waals surface area contributed by atoms with Gasteiger partial charge in [-0.05, 0) is 57.5 Å². The van der Waals surface area contributed by atoms with Crippen LogP contribution in [0.25, 0.3) is 10.9 Å². The first-order chi connectivity index (χ1) is 15.4. The van der Waals surface area contributed by atoms with E-state index < -0.39 is 32.4 Å². The average Bonchev–Trinajstić information content (AvgIpc) is 2.70. The fourth-order valence-corrected chi connectivity index (χ4v) is 6.36. The molecule has 2 aromatic carbocycles. The Labute approximate surface area is 214 Å². The number of ether oxygens (including phenoxy) is 1. The van der Waals surface area contributed by atoms with Crippen LogP contribution in [0.1, 0.15) is 27.2 Å². The Morgan fingerprint density at radius 1 is 1.12 bits per heavy atom. The van der Waals surface area contributed by atoms with Crippen LogP contribution in [0.15, 0.2) is 59.6 Å².